The number of benzene rings is 1. The molecule has 1 aromatic carbocycles. The zero-order valence-electron chi connectivity index (χ0n) is 11.8. The van der Waals surface area contributed by atoms with Crippen LogP contribution in [0.25, 0.3) is 0 Å². The Morgan fingerprint density at radius 1 is 1.39 bits per heavy atom. The molecule has 0 amide bonds. The number of hydrazone groups is 1. The first-order valence-corrected chi connectivity index (χ1v) is 8.74. The third-order valence-electron chi connectivity index (χ3n) is 3.33. The predicted octanol–water partition coefficient (Wildman–Crippen LogP) is 0.772. The Morgan fingerprint density at radius 3 is 2.83 bits per heavy atom. The molecule has 0 unspecified atom stereocenters. The Kier molecular flexibility index (Phi) is 3.70. The van der Waals surface area contributed by atoms with Crippen LogP contribution in [0.2, 0.25) is 0 Å². The van der Waals surface area contributed by atoms with Crippen LogP contribution in [-0.4, -0.2) is 35.5 Å². The van der Waals surface area contributed by atoms with Gasteiger partial charge >= 0.3 is 7.05 Å². The molecule has 118 valence electrons. The van der Waals surface area contributed by atoms with Crippen molar-refractivity contribution in [1.29, 1.82) is 0 Å². The summed E-state index contributed by atoms with van der Waals surface area (Å²) < 4.78 is 26.0. The molecule has 1 aromatic heterocycles. The predicted molar refractivity (Wildman–Crippen MR) is 86.3 cm³/mol. The molecule has 2 aromatic rings. The first-order valence-electron chi connectivity index (χ1n) is 6.42. The van der Waals surface area contributed by atoms with E-state index < -0.39 is 22.0 Å². The second-order valence-corrected chi connectivity index (χ2v) is 7.51. The van der Waals surface area contributed by atoms with E-state index in [1.54, 1.807) is 18.4 Å². The van der Waals surface area contributed by atoms with Crippen molar-refractivity contribution in [2.45, 2.75) is 11.8 Å². The van der Waals surface area contributed by atoms with E-state index >= 15 is 0 Å². The highest BCUT2D eigenvalue weighted by atomic mass is 32.2. The number of nitrogens with zero attached hydrogens (tertiary/aromatic N) is 3. The quantitative estimate of drug-likeness (QED) is 0.499. The molecule has 0 fully saturated rings. The molecule has 0 aliphatic carbocycles. The van der Waals surface area contributed by atoms with Gasteiger partial charge in [-0.15, -0.1) is 11.3 Å². The number of rotatable bonds is 3. The van der Waals surface area contributed by atoms with E-state index in [4.69, 9.17) is 0 Å². The van der Waals surface area contributed by atoms with E-state index in [-0.39, 0.29) is 10.6 Å². The summed E-state index contributed by atoms with van der Waals surface area (Å²) in [5, 5.41) is 26.8. The first-order chi connectivity index (χ1) is 10.8. The molecule has 0 atom stereocenters. The fourth-order valence-corrected chi connectivity index (χ4v) is 4.45. The van der Waals surface area contributed by atoms with Crippen molar-refractivity contribution in [3.05, 3.63) is 50.7 Å². The number of sulfonamides is 1. The van der Waals surface area contributed by atoms with Crippen LogP contribution in [0.4, 0.5) is 5.69 Å². The van der Waals surface area contributed by atoms with Crippen LogP contribution >= 0.6 is 11.3 Å². The van der Waals surface area contributed by atoms with Gasteiger partial charge < -0.3 is 5.02 Å². The fourth-order valence-electron chi connectivity index (χ4n) is 2.23. The van der Waals surface area contributed by atoms with Gasteiger partial charge in [-0.2, -0.15) is 9.43 Å². The topological polar surface area (TPSA) is 113 Å². The van der Waals surface area contributed by atoms with Crippen LogP contribution in [0.3, 0.4) is 0 Å². The number of non-ortho nitro benzene ring substituents is 1. The summed E-state index contributed by atoms with van der Waals surface area (Å²) in [4.78, 5) is 10.5. The highest BCUT2D eigenvalue weighted by molar-refractivity contribution is 7.90. The highest BCUT2D eigenvalue weighted by Gasteiger charge is 2.40. The lowest BCUT2D eigenvalue weighted by Gasteiger charge is -2.26. The fraction of sp³-hybridized carbons (Fsp3) is 0.0833. The molecule has 0 radical (unpaired) electrons. The monoisotopic (exact) mass is 351 g/mol. The number of hydrogen-bond donors (Lipinski definition) is 1. The third kappa shape index (κ3) is 2.52. The van der Waals surface area contributed by atoms with E-state index in [9.17, 15) is 23.6 Å². The van der Waals surface area contributed by atoms with Crippen LogP contribution in [0.15, 0.2) is 45.7 Å². The zero-order chi connectivity index (χ0) is 16.8. The highest BCUT2D eigenvalue weighted by Crippen LogP contribution is 2.25. The Morgan fingerprint density at radius 2 is 2.13 bits per heavy atom. The molecule has 0 bridgehead atoms. The smallest absolute Gasteiger partial charge is 0.427 e. The molecule has 3 rings (SSSR count). The Bertz CT molecular complexity index is 924. The summed E-state index contributed by atoms with van der Waals surface area (Å²) in [6, 6.07) is 6.25. The molecule has 1 aliphatic heterocycles. The maximum atomic E-state index is 12.7. The normalized spacial score (nSPS) is 14.4. The SMILES string of the molecule is CC1=NN(S(=O)(=O)c2cccc([N+](=O)[O-])c2)B(O)c2ccsc21. The first kappa shape index (κ1) is 15.7. The number of nitro benzene ring substituents is 1. The van der Waals surface area contributed by atoms with E-state index in [0.29, 0.717) is 20.4 Å². The van der Waals surface area contributed by atoms with E-state index in [0.717, 1.165) is 6.07 Å². The lowest BCUT2D eigenvalue weighted by molar-refractivity contribution is -0.385. The zero-order valence-corrected chi connectivity index (χ0v) is 13.4. The van der Waals surface area contributed by atoms with E-state index in [2.05, 4.69) is 5.10 Å². The summed E-state index contributed by atoms with van der Waals surface area (Å²) in [6.07, 6.45) is 0. The largest absolute Gasteiger partial charge is 0.485 e. The van der Waals surface area contributed by atoms with Gasteiger partial charge in [0.05, 0.1) is 15.5 Å². The van der Waals surface area contributed by atoms with Crippen LogP contribution in [0.1, 0.15) is 11.8 Å². The summed E-state index contributed by atoms with van der Waals surface area (Å²) in [7, 11) is -5.69. The number of nitro groups is 1. The van der Waals surface area contributed by atoms with Crippen molar-refractivity contribution in [2.24, 2.45) is 5.10 Å². The van der Waals surface area contributed by atoms with Gasteiger partial charge in [-0.05, 0) is 23.8 Å². The standard InChI is InChI=1S/C12H10BN3O5S2/c1-8-12-11(5-6-22-12)13(17)16(14-8)23(20,21)10-4-2-3-9(7-10)15(18)19/h2-7,17H,1H3. The Labute approximate surface area is 136 Å². The molecule has 23 heavy (non-hydrogen) atoms. The van der Waals surface area contributed by atoms with E-state index in [1.807, 2.05) is 0 Å². The minimum atomic E-state index is -4.22. The van der Waals surface area contributed by atoms with Gasteiger partial charge in [-0.25, -0.2) is 8.42 Å². The number of hydrogen-bond acceptors (Lipinski definition) is 7. The van der Waals surface area contributed by atoms with Crippen molar-refractivity contribution in [3.63, 3.8) is 0 Å². The van der Waals surface area contributed by atoms with Gasteiger partial charge in [0.25, 0.3) is 15.7 Å². The second kappa shape index (κ2) is 5.44. The van der Waals surface area contributed by atoms with Crippen LogP contribution in [0.5, 0.6) is 0 Å². The molecule has 2 heterocycles. The Balaban J connectivity index is 2.09. The van der Waals surface area contributed by atoms with Gasteiger partial charge in [0.2, 0.25) is 0 Å². The molecule has 0 saturated heterocycles. The molecular weight excluding hydrogens is 341 g/mol. The van der Waals surface area contributed by atoms with Gasteiger partial charge in [0, 0.05) is 17.0 Å². The molecule has 8 nitrogen and oxygen atoms in total. The van der Waals surface area contributed by atoms with Crippen LogP contribution in [-0.2, 0) is 10.0 Å². The number of thiophene rings is 1. The van der Waals surface area contributed by atoms with Gasteiger partial charge in [-0.1, -0.05) is 12.1 Å². The van der Waals surface area contributed by atoms with Crippen molar-refractivity contribution in [1.82, 2.24) is 4.33 Å². The number of fused-ring (bicyclic) bond motifs is 1. The lowest BCUT2D eigenvalue weighted by atomic mass is 9.74. The molecule has 0 spiro atoms. The van der Waals surface area contributed by atoms with Crippen LogP contribution in [0, 0.1) is 10.1 Å². The van der Waals surface area contributed by atoms with Crippen molar-refractivity contribution in [3.8, 4) is 0 Å². The molecule has 11 heteroatoms. The van der Waals surface area contributed by atoms with Crippen molar-refractivity contribution < 1.29 is 18.4 Å². The van der Waals surface area contributed by atoms with Crippen molar-refractivity contribution in [2.75, 3.05) is 0 Å². The third-order valence-corrected chi connectivity index (χ3v) is 6.00. The average molecular weight is 351 g/mol. The van der Waals surface area contributed by atoms with Gasteiger partial charge in [0.1, 0.15) is 0 Å². The average Bonchev–Trinajstić information content (AvgIpc) is 3.01. The minimum Gasteiger partial charge on any atom is -0.427 e. The van der Waals surface area contributed by atoms with Gasteiger partial charge in [0.15, 0.2) is 0 Å². The van der Waals surface area contributed by atoms with Crippen LogP contribution < -0.4 is 5.46 Å². The maximum Gasteiger partial charge on any atom is 0.485 e. The maximum absolute atomic E-state index is 12.7. The summed E-state index contributed by atoms with van der Waals surface area (Å²) in [6.45, 7) is 1.64. The minimum absolute atomic E-state index is 0.305. The summed E-state index contributed by atoms with van der Waals surface area (Å²) in [5.41, 5.74) is 0.542. The molecule has 0 saturated carbocycles. The van der Waals surface area contributed by atoms with Crippen molar-refractivity contribution >= 4 is 45.3 Å². The van der Waals surface area contributed by atoms with E-state index in [1.165, 1.54) is 29.5 Å². The second-order valence-electron chi connectivity index (χ2n) is 4.80. The summed E-state index contributed by atoms with van der Waals surface area (Å²) >= 11 is 1.35. The molecule has 1 N–H and O–H groups in total. The van der Waals surface area contributed by atoms with Gasteiger partial charge in [-0.3, -0.25) is 10.1 Å². The molecular formula is C12H10BN3O5S2. The lowest BCUT2D eigenvalue weighted by Crippen LogP contribution is -2.52. The summed E-state index contributed by atoms with van der Waals surface area (Å²) in [5.74, 6) is 0. The molecule has 1 aliphatic rings. The Hall–Kier alpha value is -2.24.